The summed E-state index contributed by atoms with van der Waals surface area (Å²) >= 11 is 0. The van der Waals surface area contributed by atoms with E-state index in [4.69, 9.17) is 9.72 Å². The Hall–Kier alpha value is -3.98. The van der Waals surface area contributed by atoms with Crippen LogP contribution in [0.15, 0.2) is 59.5 Å². The van der Waals surface area contributed by atoms with Gasteiger partial charge >= 0.3 is 0 Å². The molecule has 1 spiro atoms. The van der Waals surface area contributed by atoms with E-state index in [1.54, 1.807) is 15.6 Å². The Kier molecular flexibility index (Phi) is 5.14. The normalized spacial score (nSPS) is 18.4. The molecule has 3 aromatic heterocycles. The summed E-state index contributed by atoms with van der Waals surface area (Å²) in [5.74, 6) is 1.55. The van der Waals surface area contributed by atoms with Crippen LogP contribution < -0.4 is 15.6 Å². The van der Waals surface area contributed by atoms with Crippen LogP contribution in [0.4, 0.5) is 11.6 Å². The summed E-state index contributed by atoms with van der Waals surface area (Å²) < 4.78 is 9.26. The molecule has 0 atom stereocenters. The lowest BCUT2D eigenvalue weighted by Gasteiger charge is -2.35. The van der Waals surface area contributed by atoms with Gasteiger partial charge in [0, 0.05) is 30.0 Å². The minimum Gasteiger partial charge on any atom is -0.478 e. The smallest absolute Gasteiger partial charge is 0.278 e. The van der Waals surface area contributed by atoms with Crippen LogP contribution in [-0.4, -0.2) is 49.4 Å². The first kappa shape index (κ1) is 22.2. The molecular formula is C28H29N7O2. The molecule has 4 aromatic rings. The van der Waals surface area contributed by atoms with Crippen LogP contribution >= 0.6 is 0 Å². The monoisotopic (exact) mass is 495 g/mol. The predicted molar refractivity (Wildman–Crippen MR) is 142 cm³/mol. The van der Waals surface area contributed by atoms with Gasteiger partial charge in [-0.1, -0.05) is 24.3 Å². The standard InChI is InChI=1S/C28H29N7O2/c1-33-15-11-19-9-10-20(17-22(19)28(33)12-13-28)30-27-29-18-21-25(32-27)35-23-7-6-8-24(31-23)37-16-5-3-2-4-14-34(35)26(21)36/h2,4,6-10,17-18H,3,5,11-16H2,1H3,(H,29,30,32). The summed E-state index contributed by atoms with van der Waals surface area (Å²) in [6.45, 7) is 2.11. The second-order valence-electron chi connectivity index (χ2n) is 10.1. The number of likely N-dealkylation sites (N-methyl/N-ethyl adjacent to an activating group) is 1. The van der Waals surface area contributed by atoms with E-state index in [1.165, 1.54) is 24.0 Å². The molecule has 1 saturated carbocycles. The lowest BCUT2D eigenvalue weighted by Crippen LogP contribution is -2.38. The first-order chi connectivity index (χ1) is 18.1. The molecule has 1 fully saturated rings. The van der Waals surface area contributed by atoms with Crippen LogP contribution in [0.1, 0.15) is 36.8 Å². The third-order valence-corrected chi connectivity index (χ3v) is 7.85. The largest absolute Gasteiger partial charge is 0.478 e. The summed E-state index contributed by atoms with van der Waals surface area (Å²) in [4.78, 5) is 29.8. The second-order valence-corrected chi connectivity index (χ2v) is 10.1. The van der Waals surface area contributed by atoms with Gasteiger partial charge in [-0.15, -0.1) is 0 Å². The Morgan fingerprint density at radius 1 is 1.11 bits per heavy atom. The van der Waals surface area contributed by atoms with Gasteiger partial charge in [-0.25, -0.2) is 14.3 Å². The van der Waals surface area contributed by atoms with Gasteiger partial charge in [-0.3, -0.25) is 9.69 Å². The third kappa shape index (κ3) is 3.72. The second kappa shape index (κ2) is 8.55. The fourth-order valence-electron chi connectivity index (χ4n) is 5.67. The number of nitrogens with one attached hydrogen (secondary N) is 1. The van der Waals surface area contributed by atoms with Crippen LogP contribution in [0.2, 0.25) is 0 Å². The van der Waals surface area contributed by atoms with Crippen molar-refractivity contribution < 1.29 is 4.74 Å². The summed E-state index contributed by atoms with van der Waals surface area (Å²) in [7, 11) is 2.23. The topological polar surface area (TPSA) is 90.1 Å². The summed E-state index contributed by atoms with van der Waals surface area (Å²) in [5, 5.41) is 3.84. The van der Waals surface area contributed by atoms with E-state index in [0.717, 1.165) is 31.5 Å². The highest BCUT2D eigenvalue weighted by Gasteiger charge is 2.50. The highest BCUT2D eigenvalue weighted by Crippen LogP contribution is 2.53. The zero-order chi connectivity index (χ0) is 25.0. The number of nitrogens with zero attached hydrogens (tertiary/aromatic N) is 6. The number of anilines is 2. The molecule has 37 heavy (non-hydrogen) atoms. The number of hydrogen-bond donors (Lipinski definition) is 1. The minimum atomic E-state index is -0.149. The van der Waals surface area contributed by atoms with E-state index in [0.29, 0.717) is 41.8 Å². The molecule has 0 radical (unpaired) electrons. The highest BCUT2D eigenvalue weighted by molar-refractivity contribution is 5.77. The molecule has 1 N–H and O–H groups in total. The van der Waals surface area contributed by atoms with E-state index in [1.807, 2.05) is 24.3 Å². The van der Waals surface area contributed by atoms with E-state index in [9.17, 15) is 4.79 Å². The van der Waals surface area contributed by atoms with Crippen LogP contribution in [0, 0.1) is 0 Å². The van der Waals surface area contributed by atoms with Crippen LogP contribution in [0.25, 0.3) is 16.9 Å². The average molecular weight is 496 g/mol. The number of pyridine rings is 1. The van der Waals surface area contributed by atoms with Crippen molar-refractivity contribution in [2.24, 2.45) is 0 Å². The van der Waals surface area contributed by atoms with Gasteiger partial charge in [0.25, 0.3) is 5.56 Å². The number of hydrogen-bond acceptors (Lipinski definition) is 7. The number of fused-ring (bicyclic) bond motifs is 8. The fraction of sp³-hybridized carbons (Fsp3) is 0.357. The molecule has 7 rings (SSSR count). The molecule has 2 aliphatic heterocycles. The molecule has 9 nitrogen and oxygen atoms in total. The van der Waals surface area contributed by atoms with Gasteiger partial charge in [0.2, 0.25) is 11.8 Å². The molecule has 2 bridgehead atoms. The quantitative estimate of drug-likeness (QED) is 0.422. The van der Waals surface area contributed by atoms with Crippen molar-refractivity contribution in [3.05, 3.63) is 76.2 Å². The zero-order valence-corrected chi connectivity index (χ0v) is 20.9. The SMILES string of the molecule is CN1CCc2ccc(Nc3ncc4c(=O)n5n(c4n3)-c3cccc(n3)OCCCC=CC5)cc2C12CC2. The molecular weight excluding hydrogens is 466 g/mol. The molecule has 1 aliphatic carbocycles. The van der Waals surface area contributed by atoms with Crippen molar-refractivity contribution >= 4 is 22.7 Å². The number of allylic oxidation sites excluding steroid dienone is 2. The highest BCUT2D eigenvalue weighted by atomic mass is 16.5. The summed E-state index contributed by atoms with van der Waals surface area (Å²) in [6, 6.07) is 12.1. The maximum Gasteiger partial charge on any atom is 0.278 e. The van der Waals surface area contributed by atoms with Crippen LogP contribution in [0.5, 0.6) is 5.88 Å². The Labute approximate surface area is 214 Å². The summed E-state index contributed by atoms with van der Waals surface area (Å²) in [5.41, 5.74) is 4.33. The first-order valence-corrected chi connectivity index (χ1v) is 13.0. The molecule has 0 saturated heterocycles. The number of aromatic nitrogens is 5. The molecule has 3 aliphatic rings. The molecule has 0 amide bonds. The fourth-order valence-corrected chi connectivity index (χ4v) is 5.67. The van der Waals surface area contributed by atoms with Crippen LogP contribution in [-0.2, 0) is 18.5 Å². The van der Waals surface area contributed by atoms with Gasteiger partial charge in [0.15, 0.2) is 11.5 Å². The maximum atomic E-state index is 13.4. The average Bonchev–Trinajstić information content (AvgIpc) is 3.66. The Balaban J connectivity index is 1.31. The van der Waals surface area contributed by atoms with E-state index in [-0.39, 0.29) is 11.1 Å². The van der Waals surface area contributed by atoms with Crippen molar-refractivity contribution in [1.29, 1.82) is 0 Å². The maximum absolute atomic E-state index is 13.4. The van der Waals surface area contributed by atoms with Gasteiger partial charge in [0.05, 0.1) is 13.2 Å². The molecule has 188 valence electrons. The zero-order valence-electron chi connectivity index (χ0n) is 20.9. The number of rotatable bonds is 2. The molecule has 1 aromatic carbocycles. The molecule has 9 heteroatoms. The predicted octanol–water partition coefficient (Wildman–Crippen LogP) is 3.93. The lowest BCUT2D eigenvalue weighted by atomic mass is 9.90. The van der Waals surface area contributed by atoms with Crippen LogP contribution in [0.3, 0.4) is 0 Å². The van der Waals surface area contributed by atoms with Crippen molar-refractivity contribution in [3.8, 4) is 11.7 Å². The Morgan fingerprint density at radius 2 is 2.03 bits per heavy atom. The van der Waals surface area contributed by atoms with E-state index < -0.39 is 0 Å². The Morgan fingerprint density at radius 3 is 2.92 bits per heavy atom. The molecule has 0 unspecified atom stereocenters. The minimum absolute atomic E-state index is 0.149. The van der Waals surface area contributed by atoms with E-state index >= 15 is 0 Å². The van der Waals surface area contributed by atoms with Gasteiger partial charge in [0.1, 0.15) is 5.39 Å². The molecule has 5 heterocycles. The van der Waals surface area contributed by atoms with Gasteiger partial charge in [-0.05, 0) is 68.5 Å². The first-order valence-electron chi connectivity index (χ1n) is 13.0. The Bertz CT molecular complexity index is 1600. The number of benzene rings is 1. The van der Waals surface area contributed by atoms with Gasteiger partial charge in [-0.2, -0.15) is 9.97 Å². The van der Waals surface area contributed by atoms with E-state index in [2.05, 4.69) is 51.5 Å². The lowest BCUT2D eigenvalue weighted by molar-refractivity contribution is 0.208. The third-order valence-electron chi connectivity index (χ3n) is 7.85. The van der Waals surface area contributed by atoms with Gasteiger partial charge < -0.3 is 10.1 Å². The number of ether oxygens (including phenoxy) is 1. The summed E-state index contributed by atoms with van der Waals surface area (Å²) in [6.07, 6.45) is 10.9. The van der Waals surface area contributed by atoms with Crippen molar-refractivity contribution in [3.63, 3.8) is 0 Å². The van der Waals surface area contributed by atoms with Crippen molar-refractivity contribution in [1.82, 2.24) is 29.2 Å². The van der Waals surface area contributed by atoms with Crippen molar-refractivity contribution in [2.45, 2.75) is 44.2 Å². The van der Waals surface area contributed by atoms with Crippen molar-refractivity contribution in [2.75, 3.05) is 25.5 Å².